The van der Waals surface area contributed by atoms with E-state index >= 15 is 0 Å². The Bertz CT molecular complexity index is 1960. The molecule has 5 atom stereocenters. The minimum Gasteiger partial charge on any atom is -0.306 e. The van der Waals surface area contributed by atoms with E-state index in [1.165, 1.54) is 125 Å². The Balaban J connectivity index is 1.03. The predicted octanol–water partition coefficient (Wildman–Crippen LogP) is 15.2. The van der Waals surface area contributed by atoms with Gasteiger partial charge in [0.25, 0.3) is 0 Å². The number of allylic oxidation sites excluding steroid dienone is 24. The number of fused-ring (bicyclic) bond motifs is 3. The Labute approximate surface area is 347 Å². The fourth-order valence-electron chi connectivity index (χ4n) is 11.5. The summed E-state index contributed by atoms with van der Waals surface area (Å²) in [5, 5.41) is 4.10. The van der Waals surface area contributed by atoms with Crippen molar-refractivity contribution in [1.82, 2.24) is 5.32 Å². The maximum absolute atomic E-state index is 4.10. The lowest BCUT2D eigenvalue weighted by Gasteiger charge is -2.38. The molecule has 0 saturated heterocycles. The van der Waals surface area contributed by atoms with Crippen molar-refractivity contribution < 1.29 is 0 Å². The first-order valence-electron chi connectivity index (χ1n) is 23.5. The molecule has 0 aromatic carbocycles. The van der Waals surface area contributed by atoms with Crippen molar-refractivity contribution in [2.45, 2.75) is 149 Å². The van der Waals surface area contributed by atoms with Crippen molar-refractivity contribution in [1.29, 1.82) is 0 Å². The minimum atomic E-state index is 0.440. The number of hydrogen-bond donors (Lipinski definition) is 1. The summed E-state index contributed by atoms with van der Waals surface area (Å²) in [4.78, 5) is 0. The lowest BCUT2D eigenvalue weighted by atomic mass is 9.66. The quantitative estimate of drug-likeness (QED) is 0.112. The summed E-state index contributed by atoms with van der Waals surface area (Å²) >= 11 is 0. The molecule has 8 aliphatic carbocycles. The van der Waals surface area contributed by atoms with Gasteiger partial charge in [-0.1, -0.05) is 147 Å². The molecule has 0 heterocycles. The van der Waals surface area contributed by atoms with Crippen molar-refractivity contribution in [2.75, 3.05) is 6.54 Å². The van der Waals surface area contributed by atoms with E-state index in [4.69, 9.17) is 0 Å². The fourth-order valence-corrected chi connectivity index (χ4v) is 11.5. The van der Waals surface area contributed by atoms with Crippen LogP contribution < -0.4 is 5.32 Å². The van der Waals surface area contributed by atoms with Crippen LogP contribution in [-0.4, -0.2) is 12.6 Å². The van der Waals surface area contributed by atoms with Gasteiger partial charge in [0, 0.05) is 18.5 Å². The van der Waals surface area contributed by atoms with Gasteiger partial charge in [0.1, 0.15) is 0 Å². The summed E-state index contributed by atoms with van der Waals surface area (Å²) in [6, 6.07) is 0.440. The lowest BCUT2D eigenvalue weighted by molar-refractivity contribution is 0.361. The first-order chi connectivity index (χ1) is 28.1. The highest BCUT2D eigenvalue weighted by molar-refractivity contribution is 5.53. The molecule has 1 N–H and O–H groups in total. The summed E-state index contributed by atoms with van der Waals surface area (Å²) in [6.07, 6.45) is 63.0. The van der Waals surface area contributed by atoms with Gasteiger partial charge in [-0.2, -0.15) is 0 Å². The van der Waals surface area contributed by atoms with Crippen LogP contribution >= 0.6 is 0 Å². The molecule has 0 spiro atoms. The number of nitrogens with one attached hydrogen (secondary N) is 1. The molecule has 0 radical (unpaired) electrons. The van der Waals surface area contributed by atoms with Gasteiger partial charge in [-0.3, -0.25) is 0 Å². The molecule has 1 saturated carbocycles. The third kappa shape index (κ3) is 9.46. The first kappa shape index (κ1) is 40.1. The van der Waals surface area contributed by atoms with Crippen LogP contribution in [0.1, 0.15) is 143 Å². The molecule has 0 aliphatic heterocycles. The molecule has 0 amide bonds. The Morgan fingerprint density at radius 3 is 2.44 bits per heavy atom. The molecule has 0 aromatic heterocycles. The molecule has 0 aromatic rings. The average Bonchev–Trinajstić information content (AvgIpc) is 3.27. The van der Waals surface area contributed by atoms with Crippen molar-refractivity contribution in [3.8, 4) is 0 Å². The van der Waals surface area contributed by atoms with Crippen molar-refractivity contribution in [2.24, 2.45) is 23.7 Å². The van der Waals surface area contributed by atoms with Gasteiger partial charge in [-0.15, -0.1) is 0 Å². The summed E-state index contributed by atoms with van der Waals surface area (Å²) in [5.74, 6) is 2.56. The van der Waals surface area contributed by atoms with Crippen LogP contribution in [0.2, 0.25) is 0 Å². The van der Waals surface area contributed by atoms with Gasteiger partial charge in [0.05, 0.1) is 0 Å². The molecule has 8 aliphatic rings. The predicted molar refractivity (Wildman–Crippen MR) is 246 cm³/mol. The maximum Gasteiger partial charge on any atom is 0.0321 e. The van der Waals surface area contributed by atoms with Gasteiger partial charge >= 0.3 is 0 Å². The number of unbranched alkanes of at least 4 members (excludes halogenated alkanes) is 2. The van der Waals surface area contributed by atoms with E-state index in [2.05, 4.69) is 123 Å². The SMILES string of the molecule is CCCC/C=C(\CC)C1=CC=C(C2=C3C=CCCC3C(/C(C)=C/C=C(\CNC3C=CC=C4CCCCC43)C3=CC=C(C4=CCC5C=CCCC5=C4)CC3)CC2)CC1. The molecule has 57 heavy (non-hydrogen) atoms. The Hall–Kier alpha value is -3.68. The molecule has 1 fully saturated rings. The van der Waals surface area contributed by atoms with Crippen LogP contribution in [0.25, 0.3) is 0 Å². The third-order valence-corrected chi connectivity index (χ3v) is 14.9. The lowest BCUT2D eigenvalue weighted by Crippen LogP contribution is -2.39. The van der Waals surface area contributed by atoms with E-state index in [9.17, 15) is 0 Å². The maximum atomic E-state index is 4.10. The van der Waals surface area contributed by atoms with Gasteiger partial charge in [0.15, 0.2) is 0 Å². The Morgan fingerprint density at radius 2 is 1.61 bits per heavy atom. The fraction of sp³-hybridized carbons (Fsp3) is 0.500. The summed E-state index contributed by atoms with van der Waals surface area (Å²) in [7, 11) is 0. The highest BCUT2D eigenvalue weighted by Gasteiger charge is 2.34. The molecule has 0 bridgehead atoms. The van der Waals surface area contributed by atoms with Crippen LogP contribution in [0, 0.1) is 23.7 Å². The van der Waals surface area contributed by atoms with Crippen LogP contribution in [-0.2, 0) is 0 Å². The second-order valence-corrected chi connectivity index (χ2v) is 18.3. The molecule has 1 nitrogen and oxygen atoms in total. The molecule has 5 unspecified atom stereocenters. The summed E-state index contributed by atoms with van der Waals surface area (Å²) in [5.41, 5.74) is 19.0. The first-order valence-corrected chi connectivity index (χ1v) is 23.5. The molecule has 300 valence electrons. The van der Waals surface area contributed by atoms with Gasteiger partial charge in [0.2, 0.25) is 0 Å². The third-order valence-electron chi connectivity index (χ3n) is 14.9. The Kier molecular flexibility index (Phi) is 13.6. The monoisotopic (exact) mass is 758 g/mol. The zero-order valence-electron chi connectivity index (χ0n) is 35.8. The van der Waals surface area contributed by atoms with Crippen LogP contribution in [0.4, 0.5) is 0 Å². The summed E-state index contributed by atoms with van der Waals surface area (Å²) in [6.45, 7) is 8.01. The van der Waals surface area contributed by atoms with Gasteiger partial charge < -0.3 is 5.32 Å². The smallest absolute Gasteiger partial charge is 0.0321 e. The highest BCUT2D eigenvalue weighted by atomic mass is 14.9. The largest absolute Gasteiger partial charge is 0.306 e. The molecule has 8 rings (SSSR count). The standard InChI is InChI=1S/C56H71N/c1-4-6-7-15-41(5-2)43-30-33-47(34-31-43)52-37-36-51(54-21-12-13-22-55(52)54)40(3)24-25-50(39-57-56-23-14-19-46-17-10-11-20-53(46)56)45-28-26-44(27-29-45)49-35-32-42-16-8-9-18-48(42)38-49/h8,13-16,19,22-26,28,30,33,35,38,42,51,53-54,56-57H,4-7,9-12,17-18,20-21,27,29,31-32,34,36-37,39H2,1-3H3/b40-24+,41-15+,50-25+. The van der Waals surface area contributed by atoms with E-state index in [0.29, 0.717) is 29.7 Å². The van der Waals surface area contributed by atoms with Crippen LogP contribution in [0.5, 0.6) is 0 Å². The zero-order chi connectivity index (χ0) is 39.0. The van der Waals surface area contributed by atoms with E-state index in [1.54, 1.807) is 44.6 Å². The number of hydrogen-bond acceptors (Lipinski definition) is 1. The van der Waals surface area contributed by atoms with Crippen molar-refractivity contribution >= 4 is 0 Å². The van der Waals surface area contributed by atoms with E-state index in [0.717, 1.165) is 25.8 Å². The van der Waals surface area contributed by atoms with E-state index in [1.807, 2.05) is 0 Å². The van der Waals surface area contributed by atoms with Crippen LogP contribution in [0.15, 0.2) is 164 Å². The van der Waals surface area contributed by atoms with E-state index < -0.39 is 0 Å². The topological polar surface area (TPSA) is 12.0 Å². The minimum absolute atomic E-state index is 0.440. The van der Waals surface area contributed by atoms with Gasteiger partial charge in [-0.05, 0) is 178 Å². The summed E-state index contributed by atoms with van der Waals surface area (Å²) < 4.78 is 0. The van der Waals surface area contributed by atoms with Crippen LogP contribution in [0.3, 0.4) is 0 Å². The van der Waals surface area contributed by atoms with Crippen molar-refractivity contribution in [3.63, 3.8) is 0 Å². The zero-order valence-corrected chi connectivity index (χ0v) is 35.8. The molecule has 1 heteroatoms. The number of rotatable bonds is 13. The second kappa shape index (κ2) is 19.4. The van der Waals surface area contributed by atoms with Crippen molar-refractivity contribution in [3.05, 3.63) is 164 Å². The second-order valence-electron chi connectivity index (χ2n) is 18.3. The van der Waals surface area contributed by atoms with E-state index in [-0.39, 0.29) is 0 Å². The molecular weight excluding hydrogens is 687 g/mol. The molecular formula is C56H71N. The Morgan fingerprint density at radius 1 is 0.754 bits per heavy atom. The average molecular weight is 758 g/mol. The normalized spacial score (nSPS) is 29.3. The highest BCUT2D eigenvalue weighted by Crippen LogP contribution is 2.47. The van der Waals surface area contributed by atoms with Gasteiger partial charge in [-0.25, -0.2) is 0 Å².